The zero-order valence-corrected chi connectivity index (χ0v) is 15.3. The van der Waals surface area contributed by atoms with E-state index in [1.807, 2.05) is 20.8 Å². The fourth-order valence-corrected chi connectivity index (χ4v) is 18.7. The molecule has 0 radical (unpaired) electrons. The van der Waals surface area contributed by atoms with E-state index < -0.39 is 25.8 Å². The van der Waals surface area contributed by atoms with E-state index in [0.29, 0.717) is 19.8 Å². The number of hydrogen-bond donors (Lipinski definition) is 0. The van der Waals surface area contributed by atoms with Crippen molar-refractivity contribution in [1.29, 1.82) is 0 Å². The molecule has 0 spiro atoms. The van der Waals surface area contributed by atoms with Crippen LogP contribution in [-0.2, 0) is 13.3 Å². The topological polar surface area (TPSA) is 30.9 Å². The molecule has 0 atom stereocenters. The molecular formula is C10H27NO3Si3. The van der Waals surface area contributed by atoms with Crippen LogP contribution in [0, 0.1) is 0 Å². The van der Waals surface area contributed by atoms with E-state index >= 15 is 0 Å². The molecule has 7 heteroatoms. The first-order valence-corrected chi connectivity index (χ1v) is 14.2. The molecule has 1 aliphatic heterocycles. The lowest BCUT2D eigenvalue weighted by atomic mass is 10.9. The van der Waals surface area contributed by atoms with Crippen LogP contribution in [0.5, 0.6) is 0 Å². The van der Waals surface area contributed by atoms with Crippen molar-refractivity contribution in [3.05, 3.63) is 0 Å². The van der Waals surface area contributed by atoms with Crippen LogP contribution in [-0.4, -0.2) is 56.9 Å². The summed E-state index contributed by atoms with van der Waals surface area (Å²) in [6.07, 6.45) is 0. The van der Waals surface area contributed by atoms with Crippen LogP contribution in [0.4, 0.5) is 0 Å². The van der Waals surface area contributed by atoms with Crippen molar-refractivity contribution < 1.29 is 13.3 Å². The maximum absolute atomic E-state index is 5.94. The standard InChI is InChI=1S/C10H27NO3Si3/c1-6-12-17(13-7-2,14-8-3)15-11(4)16(5)9-10-16/h6-10,15H2,1-5H3. The molecule has 0 unspecified atom stereocenters. The SMILES string of the molecule is CCO[Si](OCC)(OCC)[SiH2]N(C)[Si]1(C)CC1. The van der Waals surface area contributed by atoms with E-state index in [1.54, 1.807) is 0 Å². The van der Waals surface area contributed by atoms with Gasteiger partial charge in [-0.25, -0.2) is 0 Å². The molecular weight excluding hydrogens is 266 g/mol. The molecule has 0 saturated carbocycles. The molecule has 1 fully saturated rings. The first kappa shape index (κ1) is 15.5. The first-order chi connectivity index (χ1) is 8.02. The van der Waals surface area contributed by atoms with Crippen molar-refractivity contribution in [3.63, 3.8) is 0 Å². The van der Waals surface area contributed by atoms with E-state index in [2.05, 4.69) is 17.8 Å². The van der Waals surface area contributed by atoms with E-state index in [-0.39, 0.29) is 0 Å². The van der Waals surface area contributed by atoms with Crippen molar-refractivity contribution in [1.82, 2.24) is 4.23 Å². The highest BCUT2D eigenvalue weighted by Crippen LogP contribution is 2.38. The summed E-state index contributed by atoms with van der Waals surface area (Å²) in [7, 11) is -1.64. The minimum Gasteiger partial charge on any atom is -0.376 e. The van der Waals surface area contributed by atoms with Gasteiger partial charge in [-0.3, -0.25) is 0 Å². The Morgan fingerprint density at radius 2 is 1.47 bits per heavy atom. The Hall–Kier alpha value is 0.491. The van der Waals surface area contributed by atoms with Crippen molar-refractivity contribution in [2.24, 2.45) is 0 Å². The summed E-state index contributed by atoms with van der Waals surface area (Å²) in [6.45, 7) is 10.7. The molecule has 0 aromatic carbocycles. The van der Waals surface area contributed by atoms with Crippen LogP contribution in [0.3, 0.4) is 0 Å². The maximum atomic E-state index is 5.94. The fraction of sp³-hybridized carbons (Fsp3) is 1.00. The largest absolute Gasteiger partial charge is 0.480 e. The van der Waals surface area contributed by atoms with E-state index in [1.165, 1.54) is 12.1 Å². The molecule has 17 heavy (non-hydrogen) atoms. The molecule has 102 valence electrons. The molecule has 4 nitrogen and oxygen atoms in total. The summed E-state index contributed by atoms with van der Waals surface area (Å²) in [5.74, 6) is 0. The second-order valence-electron chi connectivity index (χ2n) is 4.84. The molecule has 1 rings (SSSR count). The van der Waals surface area contributed by atoms with Gasteiger partial charge in [-0.15, -0.1) is 0 Å². The van der Waals surface area contributed by atoms with Gasteiger partial charge in [0, 0.05) is 19.8 Å². The normalized spacial score (nSPS) is 19.4. The average molecular weight is 294 g/mol. The second kappa shape index (κ2) is 6.60. The van der Waals surface area contributed by atoms with Crippen LogP contribution in [0.2, 0.25) is 18.6 Å². The van der Waals surface area contributed by atoms with Crippen molar-refractivity contribution in [3.8, 4) is 0 Å². The van der Waals surface area contributed by atoms with Gasteiger partial charge >= 0.3 is 8.32 Å². The lowest BCUT2D eigenvalue weighted by Gasteiger charge is -2.34. The Labute approximate surface area is 110 Å². The molecule has 0 amide bonds. The van der Waals surface area contributed by atoms with Crippen LogP contribution in [0.1, 0.15) is 20.8 Å². The minimum atomic E-state index is -2.33. The summed E-state index contributed by atoms with van der Waals surface area (Å²) < 4.78 is 20.4. The molecule has 1 saturated heterocycles. The van der Waals surface area contributed by atoms with E-state index in [9.17, 15) is 0 Å². The highest BCUT2D eigenvalue weighted by atomic mass is 29.2. The molecule has 0 N–H and O–H groups in total. The van der Waals surface area contributed by atoms with Crippen LogP contribution < -0.4 is 0 Å². The quantitative estimate of drug-likeness (QED) is 0.597. The molecule has 0 bridgehead atoms. The Morgan fingerprint density at radius 3 is 1.76 bits per heavy atom. The van der Waals surface area contributed by atoms with Gasteiger partial charge in [-0.1, -0.05) is 6.55 Å². The molecule has 0 aromatic rings. The first-order valence-electron chi connectivity index (χ1n) is 6.65. The van der Waals surface area contributed by atoms with Gasteiger partial charge in [-0.2, -0.15) is 0 Å². The smallest absolute Gasteiger partial charge is 0.376 e. The Kier molecular flexibility index (Phi) is 6.03. The third kappa shape index (κ3) is 4.27. The summed E-state index contributed by atoms with van der Waals surface area (Å²) >= 11 is 0. The van der Waals surface area contributed by atoms with Crippen molar-refractivity contribution in [2.45, 2.75) is 39.4 Å². The van der Waals surface area contributed by atoms with Gasteiger partial charge in [-0.05, 0) is 39.9 Å². The molecule has 1 heterocycles. The number of nitrogens with zero attached hydrogens (tertiary/aromatic N) is 1. The van der Waals surface area contributed by atoms with Gasteiger partial charge in [0.15, 0.2) is 9.20 Å². The molecule has 1 aliphatic rings. The predicted octanol–water partition coefficient (Wildman–Crippen LogP) is 1.14. The van der Waals surface area contributed by atoms with E-state index in [0.717, 1.165) is 0 Å². The summed E-state index contributed by atoms with van der Waals surface area (Å²) in [5.41, 5.74) is 0. The zero-order chi connectivity index (χ0) is 12.9. The third-order valence-corrected chi connectivity index (χ3v) is 18.4. The fourth-order valence-electron chi connectivity index (χ4n) is 1.97. The highest BCUT2D eigenvalue weighted by Gasteiger charge is 2.50. The maximum Gasteiger partial charge on any atom is 0.480 e. The number of rotatable bonds is 9. The van der Waals surface area contributed by atoms with Crippen molar-refractivity contribution >= 4 is 25.8 Å². The van der Waals surface area contributed by atoms with Gasteiger partial charge < -0.3 is 17.5 Å². The lowest BCUT2D eigenvalue weighted by molar-refractivity contribution is 0.0917. The van der Waals surface area contributed by atoms with Crippen LogP contribution >= 0.6 is 0 Å². The predicted molar refractivity (Wildman–Crippen MR) is 78.2 cm³/mol. The van der Waals surface area contributed by atoms with E-state index in [4.69, 9.17) is 13.3 Å². The van der Waals surface area contributed by atoms with Crippen molar-refractivity contribution in [2.75, 3.05) is 26.9 Å². The van der Waals surface area contributed by atoms with Gasteiger partial charge in [0.05, 0.1) is 0 Å². The molecule has 0 aliphatic carbocycles. The zero-order valence-electron chi connectivity index (χ0n) is 11.9. The monoisotopic (exact) mass is 293 g/mol. The van der Waals surface area contributed by atoms with Crippen LogP contribution in [0.15, 0.2) is 0 Å². The average Bonchev–Trinajstić information content (AvgIpc) is 2.99. The minimum absolute atomic E-state index is 0.565. The van der Waals surface area contributed by atoms with Gasteiger partial charge in [0.25, 0.3) is 0 Å². The second-order valence-corrected chi connectivity index (χ2v) is 17.3. The summed E-state index contributed by atoms with van der Waals surface area (Å²) in [4.78, 5) is 0. The Morgan fingerprint density at radius 1 is 1.06 bits per heavy atom. The van der Waals surface area contributed by atoms with Crippen LogP contribution in [0.25, 0.3) is 0 Å². The Balaban J connectivity index is 2.65. The lowest BCUT2D eigenvalue weighted by Crippen LogP contribution is -2.60. The van der Waals surface area contributed by atoms with Gasteiger partial charge in [0.2, 0.25) is 0 Å². The molecule has 0 aromatic heterocycles. The third-order valence-electron chi connectivity index (χ3n) is 3.42. The van der Waals surface area contributed by atoms with Gasteiger partial charge in [0.1, 0.15) is 8.24 Å². The number of hydrogen-bond acceptors (Lipinski definition) is 4. The highest BCUT2D eigenvalue weighted by molar-refractivity contribution is 7.17. The Bertz CT molecular complexity index is 222. The summed E-state index contributed by atoms with van der Waals surface area (Å²) in [6, 6.07) is 2.87. The summed E-state index contributed by atoms with van der Waals surface area (Å²) in [5, 5.41) is 0.